The average Bonchev–Trinajstić information content (AvgIpc) is 1.82. The summed E-state index contributed by atoms with van der Waals surface area (Å²) in [5.41, 5.74) is 0.668. The van der Waals surface area contributed by atoms with Gasteiger partial charge in [0.15, 0.2) is 5.78 Å². The summed E-state index contributed by atoms with van der Waals surface area (Å²) < 4.78 is 0.636. The Balaban J connectivity index is 2.95. The van der Waals surface area contributed by atoms with Gasteiger partial charge in [0.2, 0.25) is 5.91 Å². The van der Waals surface area contributed by atoms with Gasteiger partial charge < -0.3 is 5.32 Å². The van der Waals surface area contributed by atoms with Gasteiger partial charge in [-0.15, -0.1) is 0 Å². The second kappa shape index (κ2) is 2.69. The van der Waals surface area contributed by atoms with E-state index < -0.39 is 0 Å². The van der Waals surface area contributed by atoms with Gasteiger partial charge in [-0.2, -0.15) is 0 Å². The Morgan fingerprint density at radius 2 is 2.10 bits per heavy atom. The topological polar surface area (TPSA) is 46.2 Å². The molecular weight excluding hydrogens is 245 g/mol. The summed E-state index contributed by atoms with van der Waals surface area (Å²) in [4.78, 5) is 21.5. The van der Waals surface area contributed by atoms with E-state index in [-0.39, 0.29) is 18.1 Å². The first-order valence-electron chi connectivity index (χ1n) is 2.80. The van der Waals surface area contributed by atoms with E-state index in [2.05, 4.69) is 5.32 Å². The molecule has 0 aliphatic carbocycles. The monoisotopic (exact) mass is 251 g/mol. The minimum Gasteiger partial charge on any atom is -0.328 e. The highest BCUT2D eigenvalue weighted by atomic mass is 127. The van der Waals surface area contributed by atoms with E-state index in [0.717, 1.165) is 0 Å². The number of carbonyl (C=O) groups excluding carboxylic acids is 2. The van der Waals surface area contributed by atoms with Gasteiger partial charge in [-0.25, -0.2) is 0 Å². The lowest BCUT2D eigenvalue weighted by atomic mass is 10.2. The Kier molecular flexibility index (Phi) is 2.08. The fraction of sp³-hybridized carbons (Fsp3) is 0.333. The molecule has 0 radical (unpaired) electrons. The van der Waals surface area contributed by atoms with Crippen LogP contribution in [0.25, 0.3) is 0 Å². The minimum atomic E-state index is -0.206. The largest absolute Gasteiger partial charge is 0.328 e. The van der Waals surface area contributed by atoms with Gasteiger partial charge in [-0.3, -0.25) is 9.59 Å². The van der Waals surface area contributed by atoms with Gasteiger partial charge in [0.1, 0.15) is 0 Å². The lowest BCUT2D eigenvalue weighted by Crippen LogP contribution is -2.30. The molecule has 0 spiro atoms. The van der Waals surface area contributed by atoms with Crippen molar-refractivity contribution in [1.82, 2.24) is 5.32 Å². The molecule has 0 aromatic carbocycles. The number of nitrogens with one attached hydrogen (secondary N) is 1. The Hall–Kier alpha value is -0.390. The first-order valence-corrected chi connectivity index (χ1v) is 3.88. The second-order valence-electron chi connectivity index (χ2n) is 2.09. The van der Waals surface area contributed by atoms with Gasteiger partial charge in [-0.05, 0) is 29.5 Å². The Labute approximate surface area is 72.0 Å². The highest BCUT2D eigenvalue weighted by molar-refractivity contribution is 14.1. The van der Waals surface area contributed by atoms with Crippen molar-refractivity contribution in [3.05, 3.63) is 9.28 Å². The summed E-state index contributed by atoms with van der Waals surface area (Å²) >= 11 is 1.93. The average molecular weight is 251 g/mol. The first kappa shape index (κ1) is 7.71. The van der Waals surface area contributed by atoms with Crippen LogP contribution in [0.3, 0.4) is 0 Å². The van der Waals surface area contributed by atoms with Gasteiger partial charge in [0.25, 0.3) is 0 Å². The van der Waals surface area contributed by atoms with E-state index in [1.54, 1.807) is 6.92 Å². The molecule has 3 nitrogen and oxygen atoms in total. The summed E-state index contributed by atoms with van der Waals surface area (Å²) in [6, 6.07) is 0. The van der Waals surface area contributed by atoms with E-state index in [1.807, 2.05) is 22.6 Å². The van der Waals surface area contributed by atoms with E-state index in [1.165, 1.54) is 0 Å². The van der Waals surface area contributed by atoms with Crippen LogP contribution >= 0.6 is 22.6 Å². The van der Waals surface area contributed by atoms with Crippen LogP contribution in [0.1, 0.15) is 13.3 Å². The Morgan fingerprint density at radius 1 is 1.50 bits per heavy atom. The molecular formula is C6H6INO2. The SMILES string of the molecule is CC1=C(I)C(=O)CC(=O)N1. The fourth-order valence-corrected chi connectivity index (χ4v) is 1.07. The molecule has 54 valence electrons. The summed E-state index contributed by atoms with van der Waals surface area (Å²) in [5, 5.41) is 2.57. The first-order chi connectivity index (χ1) is 4.61. The number of amides is 1. The molecule has 0 aromatic heterocycles. The molecule has 0 saturated heterocycles. The maximum Gasteiger partial charge on any atom is 0.231 e. The van der Waals surface area contributed by atoms with Crippen LogP contribution in [0.4, 0.5) is 0 Å². The smallest absolute Gasteiger partial charge is 0.231 e. The Morgan fingerprint density at radius 3 is 2.60 bits per heavy atom. The molecule has 0 bridgehead atoms. The Bertz CT molecular complexity index is 232. The maximum absolute atomic E-state index is 10.9. The second-order valence-corrected chi connectivity index (χ2v) is 3.17. The van der Waals surface area contributed by atoms with E-state index in [0.29, 0.717) is 9.28 Å². The quantitative estimate of drug-likeness (QED) is 0.510. The number of Topliss-reactive ketones (excluding diaryl/α,β-unsaturated/α-hetero) is 1. The molecule has 1 amide bonds. The molecule has 1 rings (SSSR count). The van der Waals surface area contributed by atoms with Crippen molar-refractivity contribution in [2.75, 3.05) is 0 Å². The van der Waals surface area contributed by atoms with E-state index in [9.17, 15) is 9.59 Å². The number of hydrogen-bond donors (Lipinski definition) is 1. The van der Waals surface area contributed by atoms with Gasteiger partial charge >= 0.3 is 0 Å². The molecule has 0 unspecified atom stereocenters. The van der Waals surface area contributed by atoms with Crippen LogP contribution in [-0.2, 0) is 9.59 Å². The zero-order chi connectivity index (χ0) is 7.72. The summed E-state index contributed by atoms with van der Waals surface area (Å²) in [5.74, 6) is -0.287. The molecule has 0 aromatic rings. The normalized spacial score (nSPS) is 19.4. The number of allylic oxidation sites excluding steroid dienone is 2. The number of halogens is 1. The van der Waals surface area contributed by atoms with Crippen LogP contribution in [0.15, 0.2) is 9.28 Å². The third-order valence-electron chi connectivity index (χ3n) is 1.22. The third kappa shape index (κ3) is 1.36. The van der Waals surface area contributed by atoms with Crippen molar-refractivity contribution in [2.24, 2.45) is 0 Å². The maximum atomic E-state index is 10.9. The number of ketones is 1. The molecule has 1 N–H and O–H groups in total. The molecule has 4 heteroatoms. The van der Waals surface area contributed by atoms with Crippen LogP contribution < -0.4 is 5.32 Å². The zero-order valence-electron chi connectivity index (χ0n) is 5.40. The predicted octanol–water partition coefficient (Wildman–Crippen LogP) is 0.742. The number of hydrogen-bond acceptors (Lipinski definition) is 2. The predicted molar refractivity (Wildman–Crippen MR) is 44.5 cm³/mol. The van der Waals surface area contributed by atoms with Crippen LogP contribution in [0.5, 0.6) is 0 Å². The highest BCUT2D eigenvalue weighted by Crippen LogP contribution is 2.17. The van der Waals surface area contributed by atoms with Gasteiger partial charge in [-0.1, -0.05) is 0 Å². The standard InChI is InChI=1S/C6H6INO2/c1-3-6(7)4(9)2-5(10)8-3/h2H2,1H3,(H,8,10). The number of carbonyl (C=O) groups is 2. The molecule has 1 heterocycles. The molecule has 1 aliphatic heterocycles. The van der Waals surface area contributed by atoms with Crippen LogP contribution in [-0.4, -0.2) is 11.7 Å². The summed E-state index contributed by atoms with van der Waals surface area (Å²) in [6.45, 7) is 1.72. The van der Waals surface area contributed by atoms with Crippen molar-refractivity contribution in [3.8, 4) is 0 Å². The van der Waals surface area contributed by atoms with E-state index in [4.69, 9.17) is 0 Å². The number of rotatable bonds is 0. The zero-order valence-corrected chi connectivity index (χ0v) is 7.56. The van der Waals surface area contributed by atoms with Crippen molar-refractivity contribution in [1.29, 1.82) is 0 Å². The molecule has 0 saturated carbocycles. The van der Waals surface area contributed by atoms with E-state index >= 15 is 0 Å². The van der Waals surface area contributed by atoms with Crippen molar-refractivity contribution in [3.63, 3.8) is 0 Å². The summed E-state index contributed by atoms with van der Waals surface area (Å²) in [6.07, 6.45) is -0.00435. The minimum absolute atomic E-state index is 0.00435. The highest BCUT2D eigenvalue weighted by Gasteiger charge is 2.20. The van der Waals surface area contributed by atoms with Crippen LogP contribution in [0.2, 0.25) is 0 Å². The van der Waals surface area contributed by atoms with Gasteiger partial charge in [0, 0.05) is 5.70 Å². The lowest BCUT2D eigenvalue weighted by molar-refractivity contribution is -0.126. The summed E-state index contributed by atoms with van der Waals surface area (Å²) in [7, 11) is 0. The van der Waals surface area contributed by atoms with Crippen LogP contribution in [0, 0.1) is 0 Å². The van der Waals surface area contributed by atoms with Crippen molar-refractivity contribution >= 4 is 34.3 Å². The van der Waals surface area contributed by atoms with Crippen molar-refractivity contribution in [2.45, 2.75) is 13.3 Å². The third-order valence-corrected chi connectivity index (χ3v) is 2.63. The van der Waals surface area contributed by atoms with Crippen molar-refractivity contribution < 1.29 is 9.59 Å². The molecule has 0 atom stereocenters. The molecule has 10 heavy (non-hydrogen) atoms. The van der Waals surface area contributed by atoms with Gasteiger partial charge in [0.05, 0.1) is 10.0 Å². The molecule has 0 fully saturated rings. The lowest BCUT2D eigenvalue weighted by Gasteiger charge is -2.12. The molecule has 1 aliphatic rings. The fourth-order valence-electron chi connectivity index (χ4n) is 0.741.